The van der Waals surface area contributed by atoms with Gasteiger partial charge in [-0.1, -0.05) is 53.7 Å². The third kappa shape index (κ3) is 14.9. The molecule has 0 fully saturated rings. The van der Waals surface area contributed by atoms with E-state index >= 15 is 0 Å². The number of carbonyl (C=O) groups excluding carboxylic acids is 4. The zero-order valence-corrected chi connectivity index (χ0v) is 27.5. The molecule has 0 aliphatic carbocycles. The quantitative estimate of drug-likeness (QED) is 0.0733. The second-order valence-corrected chi connectivity index (χ2v) is 11.8. The minimum Gasteiger partial charge on any atom is -0.468 e. The summed E-state index contributed by atoms with van der Waals surface area (Å²) in [5, 5.41) is 11.6. The molecule has 250 valence electrons. The van der Waals surface area contributed by atoms with Gasteiger partial charge in [-0.15, -0.1) is 0 Å². The highest BCUT2D eigenvalue weighted by molar-refractivity contribution is 5.97. The Kier molecular flexibility index (Phi) is 15.0. The highest BCUT2D eigenvalue weighted by Crippen LogP contribution is 2.17. The Morgan fingerprint density at radius 3 is 1.43 bits per heavy atom. The molecule has 2 rings (SSSR count). The second kappa shape index (κ2) is 17.8. The van der Waals surface area contributed by atoms with E-state index in [1.807, 2.05) is 0 Å². The highest BCUT2D eigenvalue weighted by atomic mass is 16.6. The van der Waals surface area contributed by atoms with Crippen LogP contribution >= 0.6 is 0 Å². The van der Waals surface area contributed by atoms with Gasteiger partial charge in [0.05, 0.1) is 20.8 Å². The number of amidine groups is 1. The smallest absolute Gasteiger partial charge is 0.411 e. The van der Waals surface area contributed by atoms with E-state index < -0.39 is 35.3 Å². The van der Waals surface area contributed by atoms with Crippen LogP contribution in [0.1, 0.15) is 58.2 Å². The first kappa shape index (κ1) is 38.7. The van der Waals surface area contributed by atoms with Crippen molar-refractivity contribution in [1.82, 2.24) is 9.80 Å². The number of amides is 2. The van der Waals surface area contributed by atoms with Crippen LogP contribution in [0.2, 0.25) is 0 Å². The molecule has 2 amide bonds. The lowest BCUT2D eigenvalue weighted by atomic mass is 10.1. The zero-order valence-electron chi connectivity index (χ0n) is 27.5. The number of nitrogens with two attached hydrogens (primary N) is 1. The summed E-state index contributed by atoms with van der Waals surface area (Å²) in [5.41, 5.74) is 6.77. The van der Waals surface area contributed by atoms with Crippen molar-refractivity contribution in [2.75, 3.05) is 27.3 Å². The van der Waals surface area contributed by atoms with Gasteiger partial charge in [0.1, 0.15) is 24.3 Å². The minimum atomic E-state index is -0.679. The molecular formula is C32H43N5O9. The van der Waals surface area contributed by atoms with Crippen LogP contribution in [0.4, 0.5) is 15.3 Å². The van der Waals surface area contributed by atoms with Gasteiger partial charge in [0.2, 0.25) is 0 Å². The van der Waals surface area contributed by atoms with E-state index in [9.17, 15) is 19.2 Å². The summed E-state index contributed by atoms with van der Waals surface area (Å²) in [6, 6.07) is 13.5. The molecular weight excluding hydrogens is 598 g/mol. The Morgan fingerprint density at radius 1 is 0.761 bits per heavy atom. The van der Waals surface area contributed by atoms with Crippen LogP contribution in [0, 0.1) is 6.57 Å². The summed E-state index contributed by atoms with van der Waals surface area (Å²) in [6.45, 7) is 17.3. The Bertz CT molecular complexity index is 1390. The van der Waals surface area contributed by atoms with Gasteiger partial charge < -0.3 is 29.9 Å². The third-order valence-corrected chi connectivity index (χ3v) is 5.57. The van der Waals surface area contributed by atoms with Crippen LogP contribution in [0.15, 0.2) is 53.7 Å². The number of benzene rings is 2. The van der Waals surface area contributed by atoms with Gasteiger partial charge in [-0.2, -0.15) is 0 Å². The lowest BCUT2D eigenvalue weighted by Crippen LogP contribution is -2.39. The van der Waals surface area contributed by atoms with E-state index in [-0.39, 0.29) is 32.0 Å². The van der Waals surface area contributed by atoms with E-state index in [0.29, 0.717) is 11.3 Å². The first-order valence-corrected chi connectivity index (χ1v) is 14.0. The zero-order chi connectivity index (χ0) is 35.1. The maximum Gasteiger partial charge on any atom is 0.411 e. The maximum absolute atomic E-state index is 12.3. The van der Waals surface area contributed by atoms with Crippen molar-refractivity contribution in [2.24, 2.45) is 10.9 Å². The average molecular weight is 642 g/mol. The van der Waals surface area contributed by atoms with Crippen molar-refractivity contribution >= 4 is 35.6 Å². The number of hydrogen-bond donors (Lipinski definition) is 2. The fraction of sp³-hybridized carbons (Fsp3) is 0.438. The molecule has 14 nitrogen and oxygen atoms in total. The van der Waals surface area contributed by atoms with E-state index in [1.165, 1.54) is 24.0 Å². The number of rotatable bonds is 9. The molecule has 2 aromatic rings. The minimum absolute atomic E-state index is 0.0138. The Labute approximate surface area is 269 Å². The molecule has 0 saturated heterocycles. The number of methoxy groups -OCH3 is 2. The lowest BCUT2D eigenvalue weighted by molar-refractivity contribution is -0.142. The molecule has 46 heavy (non-hydrogen) atoms. The van der Waals surface area contributed by atoms with Gasteiger partial charge >= 0.3 is 24.1 Å². The Hall–Kier alpha value is -5.32. The molecule has 0 aliphatic rings. The van der Waals surface area contributed by atoms with Crippen LogP contribution in [0.3, 0.4) is 0 Å². The Morgan fingerprint density at radius 2 is 1.13 bits per heavy atom. The van der Waals surface area contributed by atoms with Crippen LogP contribution in [0.25, 0.3) is 4.85 Å². The third-order valence-electron chi connectivity index (χ3n) is 5.57. The van der Waals surface area contributed by atoms with Crippen LogP contribution in [-0.4, -0.2) is 83.5 Å². The summed E-state index contributed by atoms with van der Waals surface area (Å²) in [4.78, 5) is 53.3. The van der Waals surface area contributed by atoms with Crippen molar-refractivity contribution in [2.45, 2.75) is 65.8 Å². The van der Waals surface area contributed by atoms with Gasteiger partial charge in [-0.05, 0) is 52.7 Å². The summed E-state index contributed by atoms with van der Waals surface area (Å²) >= 11 is 0. The van der Waals surface area contributed by atoms with Crippen LogP contribution < -0.4 is 5.73 Å². The maximum atomic E-state index is 12.3. The fourth-order valence-electron chi connectivity index (χ4n) is 3.42. The van der Waals surface area contributed by atoms with Crippen molar-refractivity contribution in [3.63, 3.8) is 0 Å². The summed E-state index contributed by atoms with van der Waals surface area (Å²) in [7, 11) is 2.52. The summed E-state index contributed by atoms with van der Waals surface area (Å²) in [5.74, 6) is -1.09. The van der Waals surface area contributed by atoms with Gasteiger partial charge in [0.15, 0.2) is 11.5 Å². The molecule has 2 aromatic carbocycles. The predicted molar refractivity (Wildman–Crippen MR) is 169 cm³/mol. The summed E-state index contributed by atoms with van der Waals surface area (Å²) < 4.78 is 19.8. The van der Waals surface area contributed by atoms with Crippen molar-refractivity contribution in [3.05, 3.63) is 76.6 Å². The van der Waals surface area contributed by atoms with Gasteiger partial charge in [0, 0.05) is 18.7 Å². The predicted octanol–water partition coefficient (Wildman–Crippen LogP) is 4.84. The molecule has 0 bridgehead atoms. The van der Waals surface area contributed by atoms with Crippen molar-refractivity contribution in [3.8, 4) is 0 Å². The van der Waals surface area contributed by atoms with E-state index in [2.05, 4.69) is 19.5 Å². The summed E-state index contributed by atoms with van der Waals surface area (Å²) in [6.07, 6.45) is -1.21. The first-order chi connectivity index (χ1) is 21.4. The first-order valence-electron chi connectivity index (χ1n) is 14.0. The van der Waals surface area contributed by atoms with E-state index in [1.54, 1.807) is 90.1 Å². The monoisotopic (exact) mass is 641 g/mol. The molecule has 0 heterocycles. The van der Waals surface area contributed by atoms with Gasteiger partial charge in [-0.3, -0.25) is 19.4 Å². The molecule has 0 saturated carbocycles. The number of carbonyl (C=O) groups is 4. The molecule has 0 radical (unpaired) electrons. The Balaban J connectivity index is 0.000000462. The van der Waals surface area contributed by atoms with Gasteiger partial charge in [0.25, 0.3) is 0 Å². The second-order valence-electron chi connectivity index (χ2n) is 11.8. The normalized spacial score (nSPS) is 11.2. The number of oxime groups is 1. The molecule has 0 atom stereocenters. The molecule has 0 spiro atoms. The topological polar surface area (TPSA) is 175 Å². The molecule has 14 heteroatoms. The molecule has 0 aliphatic heterocycles. The van der Waals surface area contributed by atoms with Crippen LogP contribution in [0.5, 0.6) is 0 Å². The van der Waals surface area contributed by atoms with E-state index in [4.69, 9.17) is 27.0 Å². The van der Waals surface area contributed by atoms with Crippen LogP contribution in [-0.2, 0) is 41.6 Å². The molecule has 0 unspecified atom stereocenters. The van der Waals surface area contributed by atoms with Crippen molar-refractivity contribution in [1.29, 1.82) is 0 Å². The SMILES string of the molecule is COC(=O)CN(Cc1ccc(C(N)=NO)cc1)C(=O)OC(C)(C)C.[C-]#[N+]c1ccc(CN(CC(=O)OC)C(=O)OC(C)(C)C)cc1. The number of esters is 2. The number of nitrogens with zero attached hydrogens (tertiary/aromatic N) is 4. The van der Waals surface area contributed by atoms with Gasteiger partial charge in [-0.25, -0.2) is 14.4 Å². The number of ether oxygens (including phenoxy) is 4. The lowest BCUT2D eigenvalue weighted by Gasteiger charge is -2.26. The standard InChI is InChI=1S/C16H23N3O5.C16H20N2O4/c1-16(2,3)24-15(21)19(10-13(20)23-4)9-11-5-7-12(8-6-11)14(17)18-22;1-16(2,3)22-15(20)18(11-14(19)21-5)10-12-6-8-13(17-4)9-7-12/h5-8,22H,9-10H2,1-4H3,(H2,17,18);6-9H,10-11H2,1-3,5H3. The molecule has 3 N–H and O–H groups in total. The highest BCUT2D eigenvalue weighted by Gasteiger charge is 2.25. The average Bonchev–Trinajstić information content (AvgIpc) is 2.99. The largest absolute Gasteiger partial charge is 0.468 e. The van der Waals surface area contributed by atoms with E-state index in [0.717, 1.165) is 11.1 Å². The van der Waals surface area contributed by atoms with Crippen molar-refractivity contribution < 1.29 is 43.3 Å². The molecule has 0 aromatic heterocycles. The fourth-order valence-corrected chi connectivity index (χ4v) is 3.42. The number of hydrogen-bond acceptors (Lipinski definition) is 10.